The van der Waals surface area contributed by atoms with Gasteiger partial charge in [-0.15, -0.1) is 0 Å². The van der Waals surface area contributed by atoms with Gasteiger partial charge < -0.3 is 9.47 Å². The highest BCUT2D eigenvalue weighted by molar-refractivity contribution is 5.81. The summed E-state index contributed by atoms with van der Waals surface area (Å²) >= 11 is 0. The summed E-state index contributed by atoms with van der Waals surface area (Å²) < 4.78 is 11.0. The summed E-state index contributed by atoms with van der Waals surface area (Å²) in [5.74, 6) is -0.252. The van der Waals surface area contributed by atoms with Crippen molar-refractivity contribution >= 4 is 12.1 Å². The highest BCUT2D eigenvalue weighted by Gasteiger charge is 2.34. The first-order chi connectivity index (χ1) is 16.2. The predicted molar refractivity (Wildman–Crippen MR) is 136 cm³/mol. The van der Waals surface area contributed by atoms with Crippen LogP contribution in [0.15, 0.2) is 0 Å². The summed E-state index contributed by atoms with van der Waals surface area (Å²) in [7, 11) is 0. The number of esters is 1. The minimum absolute atomic E-state index is 0.252. The Hall–Kier alpha value is -1.26. The molecule has 0 saturated carbocycles. The van der Waals surface area contributed by atoms with Crippen molar-refractivity contribution in [1.82, 2.24) is 4.90 Å². The molecule has 0 N–H and O–H groups in total. The zero-order chi connectivity index (χ0) is 24.0. The van der Waals surface area contributed by atoms with Crippen molar-refractivity contribution in [1.29, 1.82) is 0 Å². The zero-order valence-electron chi connectivity index (χ0n) is 21.9. The molecule has 1 unspecified atom stereocenters. The average Bonchev–Trinajstić information content (AvgIpc) is 2.84. The second kappa shape index (κ2) is 21.3. The van der Waals surface area contributed by atoms with E-state index in [4.69, 9.17) is 9.47 Å². The molecule has 1 aliphatic heterocycles. The van der Waals surface area contributed by atoms with Crippen LogP contribution in [-0.4, -0.2) is 42.8 Å². The number of rotatable bonds is 20. The largest absolute Gasteiger partial charge is 0.464 e. The van der Waals surface area contributed by atoms with Crippen molar-refractivity contribution in [2.24, 2.45) is 0 Å². The van der Waals surface area contributed by atoms with E-state index in [9.17, 15) is 9.59 Å². The summed E-state index contributed by atoms with van der Waals surface area (Å²) in [4.78, 5) is 26.7. The molecule has 1 fully saturated rings. The van der Waals surface area contributed by atoms with Gasteiger partial charge in [0.2, 0.25) is 0 Å². The fourth-order valence-corrected chi connectivity index (χ4v) is 4.56. The van der Waals surface area contributed by atoms with Gasteiger partial charge in [-0.2, -0.15) is 0 Å². The fourth-order valence-electron chi connectivity index (χ4n) is 4.56. The van der Waals surface area contributed by atoms with Crippen LogP contribution in [0.2, 0.25) is 0 Å². The van der Waals surface area contributed by atoms with Gasteiger partial charge in [0.25, 0.3) is 0 Å². The Balaban J connectivity index is 2.10. The van der Waals surface area contributed by atoms with E-state index in [1.165, 1.54) is 83.5 Å². The maximum Gasteiger partial charge on any atom is 0.410 e. The molecule has 5 heteroatoms. The van der Waals surface area contributed by atoms with Gasteiger partial charge in [-0.1, -0.05) is 110 Å². The number of ether oxygens (including phenoxy) is 2. The minimum Gasteiger partial charge on any atom is -0.464 e. The van der Waals surface area contributed by atoms with Crippen LogP contribution in [-0.2, 0) is 14.3 Å². The third-order valence-corrected chi connectivity index (χ3v) is 6.73. The first-order valence-corrected chi connectivity index (χ1v) is 14.3. The lowest BCUT2D eigenvalue weighted by molar-refractivity contribution is -0.150. The Labute approximate surface area is 204 Å². The molecular formula is C28H53NO4. The van der Waals surface area contributed by atoms with E-state index in [-0.39, 0.29) is 12.1 Å². The van der Waals surface area contributed by atoms with Gasteiger partial charge in [0.1, 0.15) is 6.04 Å². The smallest absolute Gasteiger partial charge is 0.410 e. The molecule has 0 spiro atoms. The molecule has 0 bridgehead atoms. The minimum atomic E-state index is -0.469. The van der Waals surface area contributed by atoms with E-state index in [1.807, 2.05) is 0 Å². The van der Waals surface area contributed by atoms with E-state index in [1.54, 1.807) is 4.90 Å². The Morgan fingerprint density at radius 3 is 1.61 bits per heavy atom. The number of amides is 1. The van der Waals surface area contributed by atoms with E-state index >= 15 is 0 Å². The molecule has 5 nitrogen and oxygen atoms in total. The quantitative estimate of drug-likeness (QED) is 0.134. The highest BCUT2D eigenvalue weighted by atomic mass is 16.6. The number of likely N-dealkylation sites (tertiary alicyclic amines) is 1. The molecule has 0 radical (unpaired) electrons. The molecule has 1 amide bonds. The average molecular weight is 468 g/mol. The molecule has 0 aromatic carbocycles. The second-order valence-electron chi connectivity index (χ2n) is 9.79. The molecule has 0 aromatic heterocycles. The molecule has 0 aromatic rings. The number of hydrogen-bond acceptors (Lipinski definition) is 4. The predicted octanol–water partition coefficient (Wildman–Crippen LogP) is 8.19. The maximum atomic E-state index is 12.6. The maximum absolute atomic E-state index is 12.6. The monoisotopic (exact) mass is 467 g/mol. The third-order valence-electron chi connectivity index (χ3n) is 6.73. The van der Waals surface area contributed by atoms with Crippen molar-refractivity contribution < 1.29 is 19.1 Å². The molecule has 1 heterocycles. The molecule has 1 atom stereocenters. The van der Waals surface area contributed by atoms with Crippen molar-refractivity contribution in [2.75, 3.05) is 19.8 Å². The Morgan fingerprint density at radius 1 is 0.636 bits per heavy atom. The standard InChI is InChI=1S/C28H53NO4/c1-3-5-7-9-11-12-13-14-15-17-20-24-32-27(30)26-22-18-19-23-29(26)28(31)33-25-21-16-10-8-6-4-2/h26H,3-25H2,1-2H3. The van der Waals surface area contributed by atoms with Crippen molar-refractivity contribution in [2.45, 2.75) is 148 Å². The van der Waals surface area contributed by atoms with Crippen LogP contribution in [0, 0.1) is 0 Å². The van der Waals surface area contributed by atoms with Gasteiger partial charge in [0, 0.05) is 6.54 Å². The summed E-state index contributed by atoms with van der Waals surface area (Å²) in [5, 5.41) is 0. The topological polar surface area (TPSA) is 55.8 Å². The lowest BCUT2D eigenvalue weighted by Gasteiger charge is -2.33. The van der Waals surface area contributed by atoms with Gasteiger partial charge >= 0.3 is 12.1 Å². The second-order valence-corrected chi connectivity index (χ2v) is 9.79. The molecule has 194 valence electrons. The van der Waals surface area contributed by atoms with E-state index < -0.39 is 6.04 Å². The lowest BCUT2D eigenvalue weighted by Crippen LogP contribution is -2.49. The van der Waals surface area contributed by atoms with Gasteiger partial charge in [-0.05, 0) is 32.1 Å². The molecular weight excluding hydrogens is 414 g/mol. The third kappa shape index (κ3) is 15.3. The number of carbonyl (C=O) groups excluding carboxylic acids is 2. The molecule has 1 aliphatic rings. The Morgan fingerprint density at radius 2 is 1.09 bits per heavy atom. The first-order valence-electron chi connectivity index (χ1n) is 14.3. The molecule has 1 rings (SSSR count). The number of nitrogens with zero attached hydrogens (tertiary/aromatic N) is 1. The molecule has 33 heavy (non-hydrogen) atoms. The summed E-state index contributed by atoms with van der Waals surface area (Å²) in [5.41, 5.74) is 0. The summed E-state index contributed by atoms with van der Waals surface area (Å²) in [6, 6.07) is -0.469. The Bertz CT molecular complexity index is 483. The van der Waals surface area contributed by atoms with Crippen LogP contribution < -0.4 is 0 Å². The van der Waals surface area contributed by atoms with Crippen molar-refractivity contribution in [3.8, 4) is 0 Å². The SMILES string of the molecule is CCCCCCCCCCCCCOC(=O)C1CCCCN1C(=O)OCCCCCCCC. The van der Waals surface area contributed by atoms with Crippen LogP contribution >= 0.6 is 0 Å². The van der Waals surface area contributed by atoms with Gasteiger partial charge in [-0.3, -0.25) is 4.90 Å². The number of carbonyl (C=O) groups is 2. The van der Waals surface area contributed by atoms with Gasteiger partial charge in [-0.25, -0.2) is 9.59 Å². The van der Waals surface area contributed by atoms with E-state index in [2.05, 4.69) is 13.8 Å². The summed E-state index contributed by atoms with van der Waals surface area (Å²) in [6.07, 6.45) is 23.2. The van der Waals surface area contributed by atoms with Gasteiger partial charge in [0.05, 0.1) is 13.2 Å². The summed E-state index contributed by atoms with van der Waals surface area (Å²) in [6.45, 7) is 5.97. The Kier molecular flexibility index (Phi) is 19.2. The molecule has 1 saturated heterocycles. The number of hydrogen-bond donors (Lipinski definition) is 0. The zero-order valence-corrected chi connectivity index (χ0v) is 21.9. The highest BCUT2D eigenvalue weighted by Crippen LogP contribution is 2.20. The lowest BCUT2D eigenvalue weighted by atomic mass is 10.0. The van der Waals surface area contributed by atoms with Crippen LogP contribution in [0.5, 0.6) is 0 Å². The van der Waals surface area contributed by atoms with Crippen LogP contribution in [0.4, 0.5) is 4.79 Å². The van der Waals surface area contributed by atoms with Crippen molar-refractivity contribution in [3.63, 3.8) is 0 Å². The number of piperidine rings is 1. The first kappa shape index (κ1) is 29.8. The van der Waals surface area contributed by atoms with E-state index in [0.29, 0.717) is 26.2 Å². The number of unbranched alkanes of at least 4 members (excludes halogenated alkanes) is 15. The van der Waals surface area contributed by atoms with Crippen LogP contribution in [0.25, 0.3) is 0 Å². The normalized spacial score (nSPS) is 16.1. The van der Waals surface area contributed by atoms with Crippen LogP contribution in [0.1, 0.15) is 142 Å². The van der Waals surface area contributed by atoms with E-state index in [0.717, 1.165) is 38.5 Å². The fraction of sp³-hybridized carbons (Fsp3) is 0.929. The van der Waals surface area contributed by atoms with Crippen LogP contribution in [0.3, 0.4) is 0 Å². The van der Waals surface area contributed by atoms with Gasteiger partial charge in [0.15, 0.2) is 0 Å². The van der Waals surface area contributed by atoms with Crippen molar-refractivity contribution in [3.05, 3.63) is 0 Å². The molecule has 0 aliphatic carbocycles.